The first-order valence-electron chi connectivity index (χ1n) is 10.2. The highest BCUT2D eigenvalue weighted by Gasteiger charge is 2.21. The van der Waals surface area contributed by atoms with Crippen LogP contribution in [0, 0.1) is 10.1 Å². The SMILES string of the molecule is CCc1nnc(NC(=O)CSc2nc3ccc(NC(=O)c4ccc([N+](=O)[O-])cc4C(=O)O)cc3s2)s1. The molecule has 0 atom stereocenters. The number of nitrogens with one attached hydrogen (secondary N) is 2. The number of rotatable bonds is 9. The van der Waals surface area contributed by atoms with Crippen LogP contribution in [0.15, 0.2) is 40.7 Å². The molecule has 0 saturated carbocycles. The van der Waals surface area contributed by atoms with Crippen molar-refractivity contribution in [3.63, 3.8) is 0 Å². The Hall–Kier alpha value is -3.95. The molecule has 0 radical (unpaired) electrons. The van der Waals surface area contributed by atoms with Gasteiger partial charge in [0, 0.05) is 17.8 Å². The molecule has 4 aromatic rings. The van der Waals surface area contributed by atoms with Crippen molar-refractivity contribution in [2.45, 2.75) is 17.7 Å². The molecular weight excluding hydrogens is 528 g/mol. The standard InChI is InChI=1S/C21H16N6O6S3/c1-2-17-25-26-20(36-17)24-16(28)9-34-21-23-14-6-3-10(7-15(14)35-21)22-18(29)12-5-4-11(27(32)33)8-13(12)19(30)31/h3-8H,2,9H2,1H3,(H,22,29)(H,30,31)(H,24,26,28). The summed E-state index contributed by atoms with van der Waals surface area (Å²) in [4.78, 5) is 51.1. The largest absolute Gasteiger partial charge is 0.478 e. The number of nitro benzene ring substituents is 1. The number of aryl methyl sites for hydroxylation is 1. The number of nitro groups is 1. The molecule has 2 aromatic heterocycles. The zero-order chi connectivity index (χ0) is 25.8. The first-order valence-corrected chi connectivity index (χ1v) is 12.8. The smallest absolute Gasteiger partial charge is 0.336 e. The van der Waals surface area contributed by atoms with Crippen molar-refractivity contribution >= 4 is 78.9 Å². The third kappa shape index (κ3) is 5.81. The van der Waals surface area contributed by atoms with Crippen molar-refractivity contribution in [1.82, 2.24) is 15.2 Å². The molecule has 0 fully saturated rings. The van der Waals surface area contributed by atoms with Gasteiger partial charge in [-0.25, -0.2) is 9.78 Å². The number of anilines is 2. The first kappa shape index (κ1) is 25.2. The Morgan fingerprint density at radius 2 is 1.89 bits per heavy atom. The van der Waals surface area contributed by atoms with E-state index in [4.69, 9.17) is 0 Å². The van der Waals surface area contributed by atoms with Gasteiger partial charge in [-0.2, -0.15) is 0 Å². The Balaban J connectivity index is 1.43. The van der Waals surface area contributed by atoms with Crippen LogP contribution in [0.5, 0.6) is 0 Å². The lowest BCUT2D eigenvalue weighted by Crippen LogP contribution is -2.16. The molecule has 0 unspecified atom stereocenters. The molecule has 36 heavy (non-hydrogen) atoms. The van der Waals surface area contributed by atoms with E-state index in [0.29, 0.717) is 20.7 Å². The number of carboxylic acids is 1. The average molecular weight is 545 g/mol. The molecule has 4 rings (SSSR count). The van der Waals surface area contributed by atoms with Crippen molar-refractivity contribution < 1.29 is 24.4 Å². The first-order chi connectivity index (χ1) is 17.2. The van der Waals surface area contributed by atoms with E-state index in [-0.39, 0.29) is 17.2 Å². The van der Waals surface area contributed by atoms with Gasteiger partial charge in [0.1, 0.15) is 5.01 Å². The molecule has 0 aliphatic heterocycles. The summed E-state index contributed by atoms with van der Waals surface area (Å²) in [7, 11) is 0. The number of non-ortho nitro benzene ring substituents is 1. The van der Waals surface area contributed by atoms with Crippen LogP contribution in [0.4, 0.5) is 16.5 Å². The van der Waals surface area contributed by atoms with Crippen LogP contribution in [0.25, 0.3) is 10.2 Å². The maximum Gasteiger partial charge on any atom is 0.336 e. The number of thioether (sulfide) groups is 1. The number of nitrogens with zero attached hydrogens (tertiary/aromatic N) is 4. The molecule has 15 heteroatoms. The predicted molar refractivity (Wildman–Crippen MR) is 136 cm³/mol. The van der Waals surface area contributed by atoms with Crippen LogP contribution in [-0.4, -0.2) is 48.7 Å². The average Bonchev–Trinajstić information content (AvgIpc) is 3.48. The van der Waals surface area contributed by atoms with Crippen molar-refractivity contribution in [3.8, 4) is 0 Å². The van der Waals surface area contributed by atoms with Crippen LogP contribution >= 0.6 is 34.4 Å². The van der Waals surface area contributed by atoms with E-state index in [1.54, 1.807) is 18.2 Å². The molecule has 184 valence electrons. The Morgan fingerprint density at radius 1 is 1.08 bits per heavy atom. The molecular formula is C21H16N6O6S3. The van der Waals surface area contributed by atoms with Crippen LogP contribution in [0.3, 0.4) is 0 Å². The van der Waals surface area contributed by atoms with E-state index in [2.05, 4.69) is 25.8 Å². The normalized spacial score (nSPS) is 10.8. The number of carbonyl (C=O) groups excluding carboxylic acids is 2. The highest BCUT2D eigenvalue weighted by atomic mass is 32.2. The van der Waals surface area contributed by atoms with E-state index in [1.165, 1.54) is 34.4 Å². The fourth-order valence-electron chi connectivity index (χ4n) is 2.99. The number of aromatic nitrogens is 3. The summed E-state index contributed by atoms with van der Waals surface area (Å²) in [5.74, 6) is -2.28. The van der Waals surface area contributed by atoms with Crippen LogP contribution < -0.4 is 10.6 Å². The topological polar surface area (TPSA) is 177 Å². The van der Waals surface area contributed by atoms with Gasteiger partial charge in [-0.05, 0) is 30.7 Å². The minimum Gasteiger partial charge on any atom is -0.478 e. The van der Waals surface area contributed by atoms with Crippen molar-refractivity contribution in [3.05, 3.63) is 62.6 Å². The van der Waals surface area contributed by atoms with Crippen molar-refractivity contribution in [1.29, 1.82) is 0 Å². The second-order valence-electron chi connectivity index (χ2n) is 7.10. The lowest BCUT2D eigenvalue weighted by Gasteiger charge is -2.08. The number of amides is 2. The predicted octanol–water partition coefficient (Wildman–Crippen LogP) is 4.30. The second-order valence-corrected chi connectivity index (χ2v) is 10.4. The van der Waals surface area contributed by atoms with Gasteiger partial charge >= 0.3 is 5.97 Å². The molecule has 0 bridgehead atoms. The lowest BCUT2D eigenvalue weighted by atomic mass is 10.1. The number of carboxylic acid groups (broad SMARTS) is 1. The number of hydrogen-bond donors (Lipinski definition) is 3. The molecule has 0 saturated heterocycles. The quantitative estimate of drug-likeness (QED) is 0.156. The Kier molecular flexibility index (Phi) is 7.52. The van der Waals surface area contributed by atoms with Gasteiger partial charge < -0.3 is 10.4 Å². The van der Waals surface area contributed by atoms with Crippen molar-refractivity contribution in [2.75, 3.05) is 16.4 Å². The fourth-order valence-corrected chi connectivity index (χ4v) is 5.60. The highest BCUT2D eigenvalue weighted by Crippen LogP contribution is 2.32. The summed E-state index contributed by atoms with van der Waals surface area (Å²) in [6, 6.07) is 7.99. The molecule has 0 aliphatic rings. The number of aromatic carboxylic acids is 1. The minimum absolute atomic E-state index is 0.128. The molecule has 3 N–H and O–H groups in total. The van der Waals surface area contributed by atoms with Crippen LogP contribution in [0.1, 0.15) is 32.6 Å². The number of benzene rings is 2. The third-order valence-corrected chi connectivity index (χ3v) is 7.80. The summed E-state index contributed by atoms with van der Waals surface area (Å²) in [6.07, 6.45) is 0.741. The number of fused-ring (bicyclic) bond motifs is 1. The van der Waals surface area contributed by atoms with E-state index < -0.39 is 28.1 Å². The summed E-state index contributed by atoms with van der Waals surface area (Å²) in [5.41, 5.74) is -0.0525. The summed E-state index contributed by atoms with van der Waals surface area (Å²) < 4.78 is 1.40. The molecule has 0 aliphatic carbocycles. The van der Waals surface area contributed by atoms with E-state index in [0.717, 1.165) is 34.3 Å². The molecule has 2 heterocycles. The van der Waals surface area contributed by atoms with E-state index in [9.17, 15) is 29.6 Å². The van der Waals surface area contributed by atoms with Gasteiger partial charge in [0.15, 0.2) is 4.34 Å². The van der Waals surface area contributed by atoms with Gasteiger partial charge in [-0.3, -0.25) is 25.0 Å². The maximum atomic E-state index is 12.7. The monoisotopic (exact) mass is 544 g/mol. The molecule has 12 nitrogen and oxygen atoms in total. The number of carbonyl (C=O) groups is 3. The highest BCUT2D eigenvalue weighted by molar-refractivity contribution is 8.01. The Morgan fingerprint density at radius 3 is 2.58 bits per heavy atom. The van der Waals surface area contributed by atoms with Crippen LogP contribution in [-0.2, 0) is 11.2 Å². The lowest BCUT2D eigenvalue weighted by molar-refractivity contribution is -0.384. The Bertz CT molecular complexity index is 1500. The van der Waals surface area contributed by atoms with Gasteiger partial charge in [-0.15, -0.1) is 21.5 Å². The number of thiazole rings is 1. The third-order valence-electron chi connectivity index (χ3n) is 4.66. The van der Waals surface area contributed by atoms with E-state index >= 15 is 0 Å². The van der Waals surface area contributed by atoms with Gasteiger partial charge in [-0.1, -0.05) is 30.0 Å². The van der Waals surface area contributed by atoms with Crippen molar-refractivity contribution in [2.24, 2.45) is 0 Å². The zero-order valence-corrected chi connectivity index (χ0v) is 20.8. The van der Waals surface area contributed by atoms with Gasteiger partial charge in [0.05, 0.1) is 32.0 Å². The van der Waals surface area contributed by atoms with Gasteiger partial charge in [0.2, 0.25) is 11.0 Å². The van der Waals surface area contributed by atoms with Gasteiger partial charge in [0.25, 0.3) is 11.6 Å². The summed E-state index contributed by atoms with van der Waals surface area (Å²) >= 11 is 3.91. The zero-order valence-electron chi connectivity index (χ0n) is 18.4. The summed E-state index contributed by atoms with van der Waals surface area (Å²) in [6.45, 7) is 1.95. The Labute approximate surface area is 214 Å². The second kappa shape index (κ2) is 10.8. The van der Waals surface area contributed by atoms with Crippen LogP contribution in [0.2, 0.25) is 0 Å². The maximum absolute atomic E-state index is 12.7. The number of hydrogen-bond acceptors (Lipinski definition) is 11. The fraction of sp³-hybridized carbons (Fsp3) is 0.143. The molecule has 0 spiro atoms. The molecule has 2 aromatic carbocycles. The minimum atomic E-state index is -1.45. The summed E-state index contributed by atoms with van der Waals surface area (Å²) in [5, 5.41) is 34.8. The van der Waals surface area contributed by atoms with E-state index in [1.807, 2.05) is 6.92 Å². The molecule has 2 amide bonds.